The number of hydrogen-bond donors (Lipinski definition) is 3. The number of carbonyl (C=O) groups is 2. The molecule has 1 aliphatic rings. The van der Waals surface area contributed by atoms with Gasteiger partial charge in [-0.2, -0.15) is 0 Å². The Hall–Kier alpha value is -1.15. The van der Waals surface area contributed by atoms with Crippen LogP contribution in [0.5, 0.6) is 0 Å². The number of nitrogens with two attached hydrogens (primary N) is 2. The van der Waals surface area contributed by atoms with E-state index in [0.29, 0.717) is 12.8 Å². The summed E-state index contributed by atoms with van der Waals surface area (Å²) < 4.78 is 24.4. The van der Waals surface area contributed by atoms with Crippen LogP contribution >= 0.6 is 0 Å². The Bertz CT molecular complexity index is 374. The summed E-state index contributed by atoms with van der Waals surface area (Å²) in [5, 5.41) is -0.498. The topological polar surface area (TPSA) is 132 Å². The van der Waals surface area contributed by atoms with E-state index in [4.69, 9.17) is 11.5 Å². The van der Waals surface area contributed by atoms with Crippen molar-refractivity contribution >= 4 is 21.8 Å². The van der Waals surface area contributed by atoms with Gasteiger partial charge in [-0.1, -0.05) is 0 Å². The maximum Gasteiger partial charge on any atom is 0.250 e. The van der Waals surface area contributed by atoms with Crippen molar-refractivity contribution in [1.29, 1.82) is 0 Å². The van der Waals surface area contributed by atoms with Crippen LogP contribution in [-0.4, -0.2) is 31.5 Å². The molecule has 0 aliphatic heterocycles. The molecule has 1 aliphatic carbocycles. The number of primary amides is 1. The minimum absolute atomic E-state index is 0.369. The van der Waals surface area contributed by atoms with E-state index in [2.05, 4.69) is 0 Å². The highest BCUT2D eigenvalue weighted by Crippen LogP contribution is 2.27. The molecule has 0 aromatic heterocycles. The van der Waals surface area contributed by atoms with Gasteiger partial charge in [0, 0.05) is 0 Å². The van der Waals surface area contributed by atoms with Crippen molar-refractivity contribution in [1.82, 2.24) is 4.72 Å². The number of carbonyl (C=O) groups excluding carboxylic acids is 2. The van der Waals surface area contributed by atoms with Crippen molar-refractivity contribution in [3.05, 3.63) is 0 Å². The van der Waals surface area contributed by atoms with Gasteiger partial charge in [0.25, 0.3) is 5.91 Å². The first-order valence-electron chi connectivity index (χ1n) is 4.42. The van der Waals surface area contributed by atoms with Crippen LogP contribution in [-0.2, 0) is 19.6 Å². The second-order valence-electron chi connectivity index (χ2n) is 3.49. The lowest BCUT2D eigenvalue weighted by molar-refractivity contribution is -0.125. The predicted molar refractivity (Wildman–Crippen MR) is 51.9 cm³/mol. The second kappa shape index (κ2) is 4.15. The highest BCUT2D eigenvalue weighted by molar-refractivity contribution is 7.90. The van der Waals surface area contributed by atoms with Crippen molar-refractivity contribution in [2.24, 2.45) is 11.5 Å². The van der Waals surface area contributed by atoms with E-state index in [1.165, 1.54) is 0 Å². The molecular weight excluding hydrogens is 222 g/mol. The highest BCUT2D eigenvalue weighted by Gasteiger charge is 2.37. The molecule has 7 nitrogen and oxygen atoms in total. The molecule has 5 N–H and O–H groups in total. The molecular formula is C7H13N3O4S. The Morgan fingerprint density at radius 3 is 2.33 bits per heavy atom. The smallest absolute Gasteiger partial charge is 0.250 e. The summed E-state index contributed by atoms with van der Waals surface area (Å²) in [6.45, 7) is 0. The van der Waals surface area contributed by atoms with Crippen molar-refractivity contribution in [3.8, 4) is 0 Å². The zero-order chi connectivity index (χ0) is 11.6. The van der Waals surface area contributed by atoms with Crippen LogP contribution in [0, 0.1) is 0 Å². The summed E-state index contributed by atoms with van der Waals surface area (Å²) in [7, 11) is -3.60. The first kappa shape index (κ1) is 11.9. The predicted octanol–water partition coefficient (Wildman–Crippen LogP) is -2.20. The van der Waals surface area contributed by atoms with Gasteiger partial charge < -0.3 is 11.5 Å². The van der Waals surface area contributed by atoms with Gasteiger partial charge >= 0.3 is 0 Å². The van der Waals surface area contributed by atoms with Gasteiger partial charge in [0.2, 0.25) is 15.9 Å². The molecule has 0 bridgehead atoms. The quantitative estimate of drug-likeness (QED) is 0.497. The van der Waals surface area contributed by atoms with E-state index in [1.807, 2.05) is 4.72 Å². The fourth-order valence-corrected chi connectivity index (χ4v) is 2.34. The van der Waals surface area contributed by atoms with Gasteiger partial charge in [0.1, 0.15) is 0 Å². The summed E-state index contributed by atoms with van der Waals surface area (Å²) in [5.74, 6) is -1.64. The van der Waals surface area contributed by atoms with Gasteiger partial charge in [-0.05, 0) is 12.8 Å². The first-order chi connectivity index (χ1) is 6.83. The molecule has 1 atom stereocenters. The monoisotopic (exact) mass is 235 g/mol. The summed E-state index contributed by atoms with van der Waals surface area (Å²) in [6, 6.07) is -1.21. The highest BCUT2D eigenvalue weighted by atomic mass is 32.2. The van der Waals surface area contributed by atoms with E-state index in [1.54, 1.807) is 0 Å². The molecule has 1 rings (SSSR count). The maximum atomic E-state index is 11.3. The molecule has 86 valence electrons. The summed E-state index contributed by atoms with van der Waals surface area (Å²) in [4.78, 5) is 21.6. The molecule has 1 fully saturated rings. The van der Waals surface area contributed by atoms with E-state index >= 15 is 0 Å². The van der Waals surface area contributed by atoms with Crippen molar-refractivity contribution < 1.29 is 18.0 Å². The van der Waals surface area contributed by atoms with Gasteiger partial charge in [-0.25, -0.2) is 8.42 Å². The number of sulfonamides is 1. The van der Waals surface area contributed by atoms with Crippen LogP contribution in [0.2, 0.25) is 0 Å². The third-order valence-corrected chi connectivity index (χ3v) is 3.80. The van der Waals surface area contributed by atoms with Gasteiger partial charge in [-0.15, -0.1) is 0 Å². The van der Waals surface area contributed by atoms with Crippen LogP contribution in [0.3, 0.4) is 0 Å². The second-order valence-corrected chi connectivity index (χ2v) is 5.45. The third kappa shape index (κ3) is 3.48. The van der Waals surface area contributed by atoms with Crippen LogP contribution in [0.4, 0.5) is 0 Å². The standard InChI is InChI=1S/C7H13N3O4S/c8-5(3-6(9)11)7(12)10-15(13,14)4-1-2-4/h4-5H,1-3,8H2,(H2,9,11)(H,10,12). The zero-order valence-corrected chi connectivity index (χ0v) is 8.79. The van der Waals surface area contributed by atoms with E-state index < -0.39 is 33.1 Å². The van der Waals surface area contributed by atoms with Crippen LogP contribution in [0.1, 0.15) is 19.3 Å². The molecule has 0 saturated heterocycles. The third-order valence-electron chi connectivity index (χ3n) is 1.96. The Morgan fingerprint density at radius 2 is 1.93 bits per heavy atom. The Labute approximate surface area is 87.2 Å². The lowest BCUT2D eigenvalue weighted by atomic mass is 10.2. The molecule has 0 spiro atoms. The van der Waals surface area contributed by atoms with E-state index in [-0.39, 0.29) is 6.42 Å². The minimum atomic E-state index is -3.60. The molecule has 0 aromatic rings. The fourth-order valence-electron chi connectivity index (χ4n) is 0.987. The largest absolute Gasteiger partial charge is 0.370 e. The Kier molecular flexibility index (Phi) is 3.30. The average molecular weight is 235 g/mol. The molecule has 0 heterocycles. The molecule has 0 radical (unpaired) electrons. The number of nitrogens with one attached hydrogen (secondary N) is 1. The Morgan fingerprint density at radius 1 is 1.40 bits per heavy atom. The molecule has 1 unspecified atom stereocenters. The normalized spacial score (nSPS) is 18.2. The zero-order valence-electron chi connectivity index (χ0n) is 7.97. The van der Waals surface area contributed by atoms with Crippen LogP contribution < -0.4 is 16.2 Å². The molecule has 15 heavy (non-hydrogen) atoms. The summed E-state index contributed by atoms with van der Waals surface area (Å²) in [6.07, 6.45) is 0.730. The minimum Gasteiger partial charge on any atom is -0.370 e. The Balaban J connectivity index is 2.51. The number of rotatable bonds is 5. The van der Waals surface area contributed by atoms with E-state index in [9.17, 15) is 18.0 Å². The van der Waals surface area contributed by atoms with Gasteiger partial charge in [0.15, 0.2) is 0 Å². The SMILES string of the molecule is NC(=O)CC(N)C(=O)NS(=O)(=O)C1CC1. The summed E-state index contributed by atoms with van der Waals surface area (Å²) >= 11 is 0. The number of hydrogen-bond acceptors (Lipinski definition) is 5. The fraction of sp³-hybridized carbons (Fsp3) is 0.714. The van der Waals surface area contributed by atoms with Crippen molar-refractivity contribution in [2.45, 2.75) is 30.6 Å². The van der Waals surface area contributed by atoms with Crippen molar-refractivity contribution in [3.63, 3.8) is 0 Å². The molecule has 0 aromatic carbocycles. The number of amides is 2. The van der Waals surface area contributed by atoms with Crippen LogP contribution in [0.15, 0.2) is 0 Å². The van der Waals surface area contributed by atoms with Crippen LogP contribution in [0.25, 0.3) is 0 Å². The van der Waals surface area contributed by atoms with Gasteiger partial charge in [-0.3, -0.25) is 14.3 Å². The van der Waals surface area contributed by atoms with Gasteiger partial charge in [0.05, 0.1) is 17.7 Å². The van der Waals surface area contributed by atoms with Crippen molar-refractivity contribution in [2.75, 3.05) is 0 Å². The first-order valence-corrected chi connectivity index (χ1v) is 5.97. The lowest BCUT2D eigenvalue weighted by Gasteiger charge is -2.10. The lowest BCUT2D eigenvalue weighted by Crippen LogP contribution is -2.46. The van der Waals surface area contributed by atoms with E-state index in [0.717, 1.165) is 0 Å². The average Bonchev–Trinajstić information content (AvgIpc) is 2.83. The molecule has 1 saturated carbocycles. The molecule has 8 heteroatoms. The molecule has 2 amide bonds. The maximum absolute atomic E-state index is 11.3. The summed E-state index contributed by atoms with van der Waals surface area (Å²) in [5.41, 5.74) is 10.1.